The fourth-order valence-corrected chi connectivity index (χ4v) is 4.04. The quantitative estimate of drug-likeness (QED) is 0.607. The lowest BCUT2D eigenvalue weighted by atomic mass is 10.1. The van der Waals surface area contributed by atoms with Crippen molar-refractivity contribution in [2.75, 3.05) is 23.9 Å². The third-order valence-corrected chi connectivity index (χ3v) is 5.49. The minimum Gasteiger partial charge on any atom is -0.496 e. The van der Waals surface area contributed by atoms with Gasteiger partial charge in [-0.1, -0.05) is 0 Å². The fraction of sp³-hybridized carbons (Fsp3) is 0.304. The molecule has 1 N–H and O–H groups in total. The summed E-state index contributed by atoms with van der Waals surface area (Å²) < 4.78 is 46.1. The van der Waals surface area contributed by atoms with E-state index in [0.717, 1.165) is 24.6 Å². The number of methoxy groups -OCH3 is 1. The summed E-state index contributed by atoms with van der Waals surface area (Å²) in [5, 5.41) is 6.98. The number of halogens is 3. The number of aromatic nitrogens is 3. The van der Waals surface area contributed by atoms with Crippen LogP contribution < -0.4 is 15.0 Å². The highest BCUT2D eigenvalue weighted by atomic mass is 19.4. The van der Waals surface area contributed by atoms with E-state index in [4.69, 9.17) is 4.74 Å². The van der Waals surface area contributed by atoms with Crippen LogP contribution in [0.25, 0.3) is 0 Å². The SMILES string of the molecule is COc1cc(N2C[C@H](C)n3ncc(C(=O)Nc4cc(C)nc(C)c4)c3C2=O)ccc1C(F)(F)F. The van der Waals surface area contributed by atoms with Gasteiger partial charge in [0, 0.05) is 35.4 Å². The van der Waals surface area contributed by atoms with Gasteiger partial charge in [-0.05, 0) is 45.0 Å². The summed E-state index contributed by atoms with van der Waals surface area (Å²) in [6.07, 6.45) is -3.28. The minimum absolute atomic E-state index is 0.0533. The normalized spacial score (nSPS) is 15.8. The van der Waals surface area contributed by atoms with Crippen LogP contribution in [0.3, 0.4) is 0 Å². The number of amides is 2. The maximum atomic E-state index is 13.4. The van der Waals surface area contributed by atoms with E-state index in [2.05, 4.69) is 15.4 Å². The zero-order chi connectivity index (χ0) is 24.8. The lowest BCUT2D eigenvalue weighted by Crippen LogP contribution is -2.43. The van der Waals surface area contributed by atoms with E-state index in [9.17, 15) is 22.8 Å². The summed E-state index contributed by atoms with van der Waals surface area (Å²) in [5.41, 5.74) is 1.37. The number of carbonyl (C=O) groups excluding carboxylic acids is 2. The maximum absolute atomic E-state index is 13.4. The van der Waals surface area contributed by atoms with Gasteiger partial charge in [0.2, 0.25) is 0 Å². The van der Waals surface area contributed by atoms with Crippen molar-refractivity contribution in [1.29, 1.82) is 0 Å². The second-order valence-electron chi connectivity index (χ2n) is 8.09. The molecule has 1 atom stereocenters. The smallest absolute Gasteiger partial charge is 0.419 e. The van der Waals surface area contributed by atoms with E-state index in [-0.39, 0.29) is 29.5 Å². The first kappa shape index (κ1) is 23.3. The molecule has 4 rings (SSSR count). The number of benzene rings is 1. The average Bonchev–Trinajstić information content (AvgIpc) is 3.21. The highest BCUT2D eigenvalue weighted by Gasteiger charge is 2.38. The molecule has 0 fully saturated rings. The van der Waals surface area contributed by atoms with Crippen LogP contribution in [-0.2, 0) is 6.18 Å². The van der Waals surface area contributed by atoms with E-state index >= 15 is 0 Å². The number of alkyl halides is 3. The van der Waals surface area contributed by atoms with Crippen LogP contribution >= 0.6 is 0 Å². The number of ether oxygens (including phenoxy) is 1. The summed E-state index contributed by atoms with van der Waals surface area (Å²) in [6, 6.07) is 6.33. The van der Waals surface area contributed by atoms with Gasteiger partial charge in [-0.2, -0.15) is 18.3 Å². The Morgan fingerprint density at radius 1 is 1.18 bits per heavy atom. The Bertz CT molecular complexity index is 1270. The molecule has 8 nitrogen and oxygen atoms in total. The molecule has 0 spiro atoms. The van der Waals surface area contributed by atoms with Crippen molar-refractivity contribution >= 4 is 23.2 Å². The number of anilines is 2. The zero-order valence-electron chi connectivity index (χ0n) is 18.9. The summed E-state index contributed by atoms with van der Waals surface area (Å²) in [4.78, 5) is 32.0. The van der Waals surface area contributed by atoms with Crippen LogP contribution in [0.15, 0.2) is 36.5 Å². The van der Waals surface area contributed by atoms with Gasteiger partial charge < -0.3 is 15.0 Å². The van der Waals surface area contributed by atoms with Crippen molar-refractivity contribution in [3.63, 3.8) is 0 Å². The summed E-state index contributed by atoms with van der Waals surface area (Å²) >= 11 is 0. The predicted molar refractivity (Wildman–Crippen MR) is 118 cm³/mol. The Hall–Kier alpha value is -3.89. The molecule has 2 amide bonds. The van der Waals surface area contributed by atoms with Crippen LogP contribution in [0, 0.1) is 13.8 Å². The number of hydrogen-bond acceptors (Lipinski definition) is 5. The molecule has 0 unspecified atom stereocenters. The zero-order valence-corrected chi connectivity index (χ0v) is 18.9. The highest BCUT2D eigenvalue weighted by Crippen LogP contribution is 2.39. The maximum Gasteiger partial charge on any atom is 0.419 e. The van der Waals surface area contributed by atoms with E-state index in [0.29, 0.717) is 5.69 Å². The van der Waals surface area contributed by atoms with Crippen LogP contribution in [0.1, 0.15) is 50.8 Å². The van der Waals surface area contributed by atoms with Crippen molar-refractivity contribution in [2.45, 2.75) is 33.0 Å². The predicted octanol–water partition coefficient (Wildman–Crippen LogP) is 4.40. The minimum atomic E-state index is -4.60. The number of hydrogen-bond donors (Lipinski definition) is 1. The average molecular weight is 473 g/mol. The molecule has 2 aromatic heterocycles. The highest BCUT2D eigenvalue weighted by molar-refractivity contribution is 6.15. The Kier molecular flexibility index (Phi) is 5.80. The largest absolute Gasteiger partial charge is 0.496 e. The fourth-order valence-electron chi connectivity index (χ4n) is 4.04. The van der Waals surface area contributed by atoms with E-state index in [1.165, 1.54) is 27.9 Å². The molecular weight excluding hydrogens is 451 g/mol. The van der Waals surface area contributed by atoms with Crippen molar-refractivity contribution < 1.29 is 27.5 Å². The molecule has 0 saturated heterocycles. The third-order valence-electron chi connectivity index (χ3n) is 5.49. The number of rotatable bonds is 4. The second kappa shape index (κ2) is 8.47. The van der Waals surface area contributed by atoms with Gasteiger partial charge in [0.1, 0.15) is 11.4 Å². The number of fused-ring (bicyclic) bond motifs is 1. The topological polar surface area (TPSA) is 89.3 Å². The van der Waals surface area contributed by atoms with Crippen molar-refractivity contribution in [3.8, 4) is 5.75 Å². The Balaban J connectivity index is 1.69. The van der Waals surface area contributed by atoms with E-state index in [1.54, 1.807) is 32.9 Å². The molecule has 1 aromatic carbocycles. The summed E-state index contributed by atoms with van der Waals surface area (Å²) in [6.45, 7) is 5.55. The van der Waals surface area contributed by atoms with Crippen molar-refractivity contribution in [3.05, 3.63) is 64.7 Å². The lowest BCUT2D eigenvalue weighted by molar-refractivity contribution is -0.138. The lowest BCUT2D eigenvalue weighted by Gasteiger charge is -2.32. The number of aryl methyl sites for hydroxylation is 2. The molecule has 3 heterocycles. The standard InChI is InChI=1S/C23H22F3N5O3/c1-12-7-15(8-13(2)28-12)29-21(32)17-10-27-31-14(3)11-30(22(33)20(17)31)16-5-6-18(23(24,25)26)19(9-16)34-4/h5-10,14H,11H2,1-4H3,(H,28,29,32)/t14-/m0/s1. The number of pyridine rings is 1. The number of nitrogens with zero attached hydrogens (tertiary/aromatic N) is 4. The number of carbonyl (C=O) groups is 2. The Labute approximate surface area is 193 Å². The Morgan fingerprint density at radius 2 is 1.85 bits per heavy atom. The summed E-state index contributed by atoms with van der Waals surface area (Å²) in [5.74, 6) is -1.48. The van der Waals surface area contributed by atoms with Gasteiger partial charge in [0.05, 0.1) is 30.5 Å². The molecule has 0 saturated carbocycles. The molecule has 178 valence electrons. The molecular formula is C23H22F3N5O3. The monoisotopic (exact) mass is 473 g/mol. The van der Waals surface area contributed by atoms with Crippen molar-refractivity contribution in [1.82, 2.24) is 14.8 Å². The first-order valence-electron chi connectivity index (χ1n) is 10.4. The Morgan fingerprint density at radius 3 is 2.47 bits per heavy atom. The van der Waals surface area contributed by atoms with Crippen LogP contribution in [0.4, 0.5) is 24.5 Å². The summed E-state index contributed by atoms with van der Waals surface area (Å²) in [7, 11) is 1.13. The van der Waals surface area contributed by atoms with Gasteiger partial charge in [-0.25, -0.2) is 0 Å². The van der Waals surface area contributed by atoms with E-state index in [1.807, 2.05) is 0 Å². The van der Waals surface area contributed by atoms with Gasteiger partial charge in [0.25, 0.3) is 11.8 Å². The van der Waals surface area contributed by atoms with Gasteiger partial charge in [-0.15, -0.1) is 0 Å². The van der Waals surface area contributed by atoms with Crippen molar-refractivity contribution in [2.24, 2.45) is 0 Å². The van der Waals surface area contributed by atoms with Crippen LogP contribution in [0.2, 0.25) is 0 Å². The van der Waals surface area contributed by atoms with Crippen LogP contribution in [-0.4, -0.2) is 40.2 Å². The van der Waals surface area contributed by atoms with Gasteiger partial charge in [-0.3, -0.25) is 19.3 Å². The van der Waals surface area contributed by atoms with E-state index < -0.39 is 29.3 Å². The molecule has 11 heteroatoms. The van der Waals surface area contributed by atoms with Gasteiger partial charge >= 0.3 is 6.18 Å². The first-order chi connectivity index (χ1) is 16.0. The molecule has 3 aromatic rings. The third kappa shape index (κ3) is 4.20. The molecule has 1 aliphatic heterocycles. The van der Waals surface area contributed by atoms with Crippen LogP contribution in [0.5, 0.6) is 5.75 Å². The molecule has 0 bridgehead atoms. The second-order valence-corrected chi connectivity index (χ2v) is 8.09. The first-order valence-corrected chi connectivity index (χ1v) is 10.4. The molecule has 0 radical (unpaired) electrons. The molecule has 34 heavy (non-hydrogen) atoms. The van der Waals surface area contributed by atoms with Gasteiger partial charge in [0.15, 0.2) is 0 Å². The molecule has 1 aliphatic rings. The number of nitrogens with one attached hydrogen (secondary N) is 1. The molecule has 0 aliphatic carbocycles.